The molecule has 2 aromatic rings. The number of esters is 1. The van der Waals surface area contributed by atoms with Gasteiger partial charge in [0.15, 0.2) is 17.3 Å². The summed E-state index contributed by atoms with van der Waals surface area (Å²) in [6.45, 7) is 2.18. The molecule has 0 unspecified atom stereocenters. The molecule has 1 aromatic heterocycles. The molecule has 0 saturated heterocycles. The fraction of sp³-hybridized carbons (Fsp3) is 0.429. The van der Waals surface area contributed by atoms with Gasteiger partial charge in [0.25, 0.3) is 5.91 Å². The van der Waals surface area contributed by atoms with Gasteiger partial charge in [-0.05, 0) is 44.0 Å². The van der Waals surface area contributed by atoms with Gasteiger partial charge in [-0.15, -0.1) is 0 Å². The molecule has 7 heteroatoms. The molecule has 0 bridgehead atoms. The van der Waals surface area contributed by atoms with Gasteiger partial charge < -0.3 is 23.9 Å². The van der Waals surface area contributed by atoms with Crippen molar-refractivity contribution in [1.82, 2.24) is 5.32 Å². The molecule has 28 heavy (non-hydrogen) atoms. The number of carbonyl (C=O) groups excluding carboxylic acids is 2. The Morgan fingerprint density at radius 2 is 1.82 bits per heavy atom. The van der Waals surface area contributed by atoms with Gasteiger partial charge in [-0.25, -0.2) is 4.79 Å². The quantitative estimate of drug-likeness (QED) is 0.698. The predicted molar refractivity (Wildman–Crippen MR) is 101 cm³/mol. The molecule has 0 aliphatic heterocycles. The summed E-state index contributed by atoms with van der Waals surface area (Å²) in [6.07, 6.45) is 2.88. The lowest BCUT2D eigenvalue weighted by molar-refractivity contribution is -0.150. The third-order valence-corrected chi connectivity index (χ3v) is 4.80. The molecule has 1 N–H and O–H groups in total. The molecule has 150 valence electrons. The van der Waals surface area contributed by atoms with Gasteiger partial charge in [0.1, 0.15) is 17.9 Å². The zero-order chi connectivity index (χ0) is 20.0. The van der Waals surface area contributed by atoms with Gasteiger partial charge in [-0.2, -0.15) is 0 Å². The van der Waals surface area contributed by atoms with E-state index in [-0.39, 0.29) is 24.9 Å². The molecule has 0 atom stereocenters. The molecular formula is C21H25NO6. The van der Waals surface area contributed by atoms with Crippen molar-refractivity contribution in [3.05, 3.63) is 47.9 Å². The fourth-order valence-corrected chi connectivity index (χ4v) is 3.37. The minimum atomic E-state index is -0.964. The Morgan fingerprint density at radius 3 is 2.50 bits per heavy atom. The van der Waals surface area contributed by atoms with Crippen molar-refractivity contribution in [2.75, 3.05) is 13.7 Å². The first kappa shape index (κ1) is 19.8. The standard InChI is InChI=1S/C21H25NO6/c1-3-26-20(24)21(12-6-7-13-21)22-19(23)18-11-10-15(28-18)14-27-17-9-5-4-8-16(17)25-2/h4-5,8-11H,3,6-7,12-14H2,1-2H3,(H,22,23). The average molecular weight is 387 g/mol. The van der Waals surface area contributed by atoms with Crippen LogP contribution in [0.15, 0.2) is 40.8 Å². The summed E-state index contributed by atoms with van der Waals surface area (Å²) in [7, 11) is 1.57. The summed E-state index contributed by atoms with van der Waals surface area (Å²) < 4.78 is 21.7. The van der Waals surface area contributed by atoms with E-state index in [2.05, 4.69) is 5.32 Å². The predicted octanol–water partition coefficient (Wildman–Crippen LogP) is 3.47. The maximum Gasteiger partial charge on any atom is 0.331 e. The lowest BCUT2D eigenvalue weighted by Crippen LogP contribution is -2.53. The highest BCUT2D eigenvalue weighted by molar-refractivity contribution is 5.96. The first-order valence-electron chi connectivity index (χ1n) is 9.42. The Morgan fingerprint density at radius 1 is 1.11 bits per heavy atom. The molecule has 1 aliphatic carbocycles. The number of benzene rings is 1. The maximum absolute atomic E-state index is 12.6. The van der Waals surface area contributed by atoms with Crippen molar-refractivity contribution in [1.29, 1.82) is 0 Å². The van der Waals surface area contributed by atoms with E-state index in [4.69, 9.17) is 18.6 Å². The summed E-state index contributed by atoms with van der Waals surface area (Å²) in [6, 6.07) is 10.5. The minimum absolute atomic E-state index is 0.134. The molecule has 0 spiro atoms. The SMILES string of the molecule is CCOC(=O)C1(NC(=O)c2ccc(COc3ccccc3OC)o2)CCCC1. The second kappa shape index (κ2) is 8.82. The fourth-order valence-electron chi connectivity index (χ4n) is 3.37. The third kappa shape index (κ3) is 4.30. The number of furan rings is 1. The smallest absolute Gasteiger partial charge is 0.331 e. The van der Waals surface area contributed by atoms with Crippen LogP contribution >= 0.6 is 0 Å². The van der Waals surface area contributed by atoms with Gasteiger partial charge in [0, 0.05) is 0 Å². The molecule has 1 aliphatic rings. The average Bonchev–Trinajstić information content (AvgIpc) is 3.37. The molecule has 1 heterocycles. The molecule has 1 saturated carbocycles. The summed E-state index contributed by atoms with van der Waals surface area (Å²) in [5, 5.41) is 2.83. The Labute approximate surface area is 164 Å². The topological polar surface area (TPSA) is 87.0 Å². The molecular weight excluding hydrogens is 362 g/mol. The van der Waals surface area contributed by atoms with E-state index in [1.54, 1.807) is 38.3 Å². The Kier molecular flexibility index (Phi) is 6.23. The number of nitrogens with one attached hydrogen (secondary N) is 1. The number of amides is 1. The van der Waals surface area contributed by atoms with Gasteiger partial charge in [-0.3, -0.25) is 4.79 Å². The summed E-state index contributed by atoms with van der Waals surface area (Å²) in [5.41, 5.74) is -0.964. The lowest BCUT2D eigenvalue weighted by atomic mass is 9.97. The van der Waals surface area contributed by atoms with Gasteiger partial charge in [-0.1, -0.05) is 25.0 Å². The van der Waals surface area contributed by atoms with Crippen LogP contribution in [0.3, 0.4) is 0 Å². The highest BCUT2D eigenvalue weighted by atomic mass is 16.5. The highest BCUT2D eigenvalue weighted by Gasteiger charge is 2.44. The lowest BCUT2D eigenvalue weighted by Gasteiger charge is -2.27. The number of methoxy groups -OCH3 is 1. The Balaban J connectivity index is 1.64. The number of hydrogen-bond donors (Lipinski definition) is 1. The summed E-state index contributed by atoms with van der Waals surface area (Å²) in [4.78, 5) is 25.0. The minimum Gasteiger partial charge on any atom is -0.493 e. The van der Waals surface area contributed by atoms with E-state index in [0.29, 0.717) is 30.1 Å². The maximum atomic E-state index is 12.6. The Bertz CT molecular complexity index is 822. The van der Waals surface area contributed by atoms with Crippen molar-refractivity contribution in [3.63, 3.8) is 0 Å². The van der Waals surface area contributed by atoms with Gasteiger partial charge in [0.05, 0.1) is 13.7 Å². The van der Waals surface area contributed by atoms with E-state index < -0.39 is 11.4 Å². The van der Waals surface area contributed by atoms with E-state index in [0.717, 1.165) is 12.8 Å². The molecule has 0 radical (unpaired) electrons. The molecule has 1 aromatic carbocycles. The molecule has 3 rings (SSSR count). The normalized spacial score (nSPS) is 15.1. The summed E-state index contributed by atoms with van der Waals surface area (Å²) >= 11 is 0. The Hall–Kier alpha value is -2.96. The number of rotatable bonds is 8. The largest absolute Gasteiger partial charge is 0.493 e. The van der Waals surface area contributed by atoms with Crippen LogP contribution in [0.5, 0.6) is 11.5 Å². The first-order valence-corrected chi connectivity index (χ1v) is 9.42. The van der Waals surface area contributed by atoms with Crippen LogP contribution < -0.4 is 14.8 Å². The third-order valence-electron chi connectivity index (χ3n) is 4.80. The zero-order valence-electron chi connectivity index (χ0n) is 16.2. The second-order valence-corrected chi connectivity index (χ2v) is 6.67. The molecule has 7 nitrogen and oxygen atoms in total. The van der Waals surface area contributed by atoms with Crippen molar-refractivity contribution in [3.8, 4) is 11.5 Å². The number of hydrogen-bond acceptors (Lipinski definition) is 6. The monoisotopic (exact) mass is 387 g/mol. The first-order chi connectivity index (χ1) is 13.6. The number of ether oxygens (including phenoxy) is 3. The van der Waals surface area contributed by atoms with Crippen LogP contribution in [0.25, 0.3) is 0 Å². The van der Waals surface area contributed by atoms with Crippen LogP contribution in [0.1, 0.15) is 48.9 Å². The van der Waals surface area contributed by atoms with Crippen LogP contribution in [0.2, 0.25) is 0 Å². The molecule has 1 fully saturated rings. The number of para-hydroxylation sites is 2. The van der Waals surface area contributed by atoms with Crippen LogP contribution in [-0.2, 0) is 16.1 Å². The van der Waals surface area contributed by atoms with Crippen molar-refractivity contribution >= 4 is 11.9 Å². The zero-order valence-corrected chi connectivity index (χ0v) is 16.2. The van der Waals surface area contributed by atoms with Crippen molar-refractivity contribution < 1.29 is 28.2 Å². The van der Waals surface area contributed by atoms with Gasteiger partial charge >= 0.3 is 5.97 Å². The van der Waals surface area contributed by atoms with E-state index in [9.17, 15) is 9.59 Å². The van der Waals surface area contributed by atoms with Crippen LogP contribution in [0, 0.1) is 0 Å². The second-order valence-electron chi connectivity index (χ2n) is 6.67. The van der Waals surface area contributed by atoms with Crippen molar-refractivity contribution in [2.45, 2.75) is 44.8 Å². The van der Waals surface area contributed by atoms with E-state index in [1.807, 2.05) is 12.1 Å². The van der Waals surface area contributed by atoms with E-state index in [1.165, 1.54) is 0 Å². The van der Waals surface area contributed by atoms with Gasteiger partial charge in [0.2, 0.25) is 0 Å². The molecule has 1 amide bonds. The van der Waals surface area contributed by atoms with Crippen molar-refractivity contribution in [2.24, 2.45) is 0 Å². The van der Waals surface area contributed by atoms with Crippen LogP contribution in [-0.4, -0.2) is 31.1 Å². The van der Waals surface area contributed by atoms with E-state index >= 15 is 0 Å². The number of carbonyl (C=O) groups is 2. The van der Waals surface area contributed by atoms with Crippen LogP contribution in [0.4, 0.5) is 0 Å². The summed E-state index contributed by atoms with van der Waals surface area (Å²) in [5.74, 6) is 1.01. The highest BCUT2D eigenvalue weighted by Crippen LogP contribution is 2.31.